The number of anilines is 2. The molecule has 0 spiro atoms. The molecule has 0 amide bonds. The predicted molar refractivity (Wildman–Crippen MR) is 167 cm³/mol. The van der Waals surface area contributed by atoms with Gasteiger partial charge in [-0.05, 0) is 60.4 Å². The van der Waals surface area contributed by atoms with Crippen LogP contribution in [0.2, 0.25) is 0 Å². The summed E-state index contributed by atoms with van der Waals surface area (Å²) >= 11 is 0. The molecule has 2 N–H and O–H groups in total. The number of aryl methyl sites for hydroxylation is 1. The van der Waals surface area contributed by atoms with E-state index in [4.69, 9.17) is 0 Å². The standard InChI is InChI=1S/C33H33N9O/c1-32(2,3)19-37-29-21(16-35)17-36-28-20(15-34)13-22(14-26(28)29)38-30(27-18-42(40-39-27)33(4)10-11-33)24-7-6-8-25-23(24)9-12-41(5)31(25)43/h6-9,12-14,17-18,30,38H,10-11,19H2,1-5H3,(H,36,37). The summed E-state index contributed by atoms with van der Waals surface area (Å²) in [7, 11) is 1.74. The van der Waals surface area contributed by atoms with Gasteiger partial charge in [-0.1, -0.05) is 38.1 Å². The number of benzene rings is 2. The van der Waals surface area contributed by atoms with Crippen LogP contribution in [0.3, 0.4) is 0 Å². The third kappa shape index (κ3) is 5.17. The van der Waals surface area contributed by atoms with Gasteiger partial charge in [-0.3, -0.25) is 9.78 Å². The van der Waals surface area contributed by atoms with Gasteiger partial charge < -0.3 is 15.2 Å². The van der Waals surface area contributed by atoms with Crippen molar-refractivity contribution in [3.63, 3.8) is 0 Å². The second kappa shape index (κ2) is 10.2. The van der Waals surface area contributed by atoms with Gasteiger partial charge in [0.1, 0.15) is 17.8 Å². The molecule has 5 aromatic rings. The number of aromatic nitrogens is 5. The molecule has 3 aromatic heterocycles. The van der Waals surface area contributed by atoms with Crippen LogP contribution >= 0.6 is 0 Å². The lowest BCUT2D eigenvalue weighted by atomic mass is 9.96. The summed E-state index contributed by atoms with van der Waals surface area (Å²) in [5.41, 5.74) is 3.95. The molecule has 1 aliphatic carbocycles. The first-order chi connectivity index (χ1) is 20.5. The highest BCUT2D eigenvalue weighted by Crippen LogP contribution is 2.43. The molecule has 0 radical (unpaired) electrons. The fourth-order valence-electron chi connectivity index (χ4n) is 5.31. The van der Waals surface area contributed by atoms with E-state index in [1.165, 1.54) is 6.20 Å². The fourth-order valence-corrected chi connectivity index (χ4v) is 5.31. The van der Waals surface area contributed by atoms with Crippen LogP contribution in [0.5, 0.6) is 0 Å². The van der Waals surface area contributed by atoms with E-state index in [1.807, 2.05) is 41.2 Å². The Labute approximate surface area is 249 Å². The van der Waals surface area contributed by atoms with Crippen LogP contribution in [0.4, 0.5) is 11.4 Å². The van der Waals surface area contributed by atoms with Crippen molar-refractivity contribution in [1.82, 2.24) is 24.5 Å². The first-order valence-electron chi connectivity index (χ1n) is 14.3. The van der Waals surface area contributed by atoms with Crippen molar-refractivity contribution in [2.45, 2.75) is 52.1 Å². The van der Waals surface area contributed by atoms with Gasteiger partial charge in [-0.2, -0.15) is 10.5 Å². The summed E-state index contributed by atoms with van der Waals surface area (Å²) in [4.78, 5) is 17.5. The van der Waals surface area contributed by atoms with Crippen molar-refractivity contribution in [2.75, 3.05) is 17.2 Å². The highest BCUT2D eigenvalue weighted by molar-refractivity contribution is 5.99. The minimum absolute atomic E-state index is 0.0449. The van der Waals surface area contributed by atoms with Crippen LogP contribution < -0.4 is 16.2 Å². The van der Waals surface area contributed by atoms with E-state index in [0.29, 0.717) is 51.0 Å². The number of nitrogens with zero attached hydrogens (tertiary/aromatic N) is 7. The van der Waals surface area contributed by atoms with E-state index in [1.54, 1.807) is 23.9 Å². The molecule has 43 heavy (non-hydrogen) atoms. The first-order valence-corrected chi connectivity index (χ1v) is 14.3. The molecule has 1 aliphatic rings. The lowest BCUT2D eigenvalue weighted by molar-refractivity contribution is 0.443. The topological polar surface area (TPSA) is 137 Å². The van der Waals surface area contributed by atoms with Gasteiger partial charge in [0.2, 0.25) is 0 Å². The zero-order valence-electron chi connectivity index (χ0n) is 24.9. The smallest absolute Gasteiger partial charge is 0.258 e. The Morgan fingerprint density at radius 2 is 1.84 bits per heavy atom. The molecule has 3 heterocycles. The third-order valence-electron chi connectivity index (χ3n) is 8.12. The van der Waals surface area contributed by atoms with Crippen LogP contribution in [-0.2, 0) is 12.6 Å². The SMILES string of the molecule is Cn1ccc2c(C(Nc3cc(C#N)c4ncc(C#N)c(NCC(C)(C)C)c4c3)c3cn(C4(C)CC4)nn3)cccc2c1=O. The van der Waals surface area contributed by atoms with Crippen LogP contribution in [0.1, 0.15) is 69.0 Å². The van der Waals surface area contributed by atoms with E-state index >= 15 is 0 Å². The highest BCUT2D eigenvalue weighted by atomic mass is 16.1. The Hall–Kier alpha value is -5.22. The maximum absolute atomic E-state index is 13.0. The summed E-state index contributed by atoms with van der Waals surface area (Å²) in [5.74, 6) is 0. The van der Waals surface area contributed by atoms with Crippen LogP contribution in [0.25, 0.3) is 21.7 Å². The molecule has 0 aliphatic heterocycles. The van der Waals surface area contributed by atoms with Crippen LogP contribution in [0.15, 0.2) is 59.8 Å². The number of rotatable bonds is 7. The number of pyridine rings is 2. The van der Waals surface area contributed by atoms with E-state index in [2.05, 4.69) is 65.8 Å². The number of hydrogen-bond acceptors (Lipinski definition) is 8. The van der Waals surface area contributed by atoms with Gasteiger partial charge in [-0.15, -0.1) is 5.10 Å². The zero-order chi connectivity index (χ0) is 30.5. The summed E-state index contributed by atoms with van der Waals surface area (Å²) in [6.45, 7) is 9.11. The maximum atomic E-state index is 13.0. The van der Waals surface area contributed by atoms with Crippen molar-refractivity contribution in [2.24, 2.45) is 12.5 Å². The Kier molecular flexibility index (Phi) is 6.66. The molecule has 2 aromatic carbocycles. The Bertz CT molecular complexity index is 2030. The van der Waals surface area contributed by atoms with Gasteiger partial charge in [0.15, 0.2) is 0 Å². The lowest BCUT2D eigenvalue weighted by Crippen LogP contribution is -2.20. The van der Waals surface area contributed by atoms with E-state index in [9.17, 15) is 15.3 Å². The van der Waals surface area contributed by atoms with E-state index in [-0.39, 0.29) is 16.5 Å². The molecule has 216 valence electrons. The minimum Gasteiger partial charge on any atom is -0.383 e. The molecule has 0 saturated heterocycles. The summed E-state index contributed by atoms with van der Waals surface area (Å²) in [6.07, 6.45) is 7.30. The monoisotopic (exact) mass is 571 g/mol. The highest BCUT2D eigenvalue weighted by Gasteiger charge is 2.41. The fraction of sp³-hybridized carbons (Fsp3) is 0.333. The molecule has 1 saturated carbocycles. The van der Waals surface area contributed by atoms with E-state index in [0.717, 1.165) is 23.8 Å². The number of nitrogens with one attached hydrogen (secondary N) is 2. The predicted octanol–water partition coefficient (Wildman–Crippen LogP) is 5.59. The van der Waals surface area contributed by atoms with Gasteiger partial charge in [-0.25, -0.2) is 4.68 Å². The molecule has 10 nitrogen and oxygen atoms in total. The molecule has 6 rings (SSSR count). The second-order valence-electron chi connectivity index (χ2n) is 12.8. The van der Waals surface area contributed by atoms with Crippen molar-refractivity contribution < 1.29 is 0 Å². The average Bonchev–Trinajstić information content (AvgIpc) is 3.53. The summed E-state index contributed by atoms with van der Waals surface area (Å²) in [5, 5.41) is 38.2. The average molecular weight is 572 g/mol. The number of hydrogen-bond donors (Lipinski definition) is 2. The molecule has 10 heteroatoms. The molecule has 1 atom stereocenters. The Morgan fingerprint density at radius 3 is 2.53 bits per heavy atom. The van der Waals surface area contributed by atoms with Crippen LogP contribution in [-0.4, -0.2) is 31.1 Å². The number of fused-ring (bicyclic) bond motifs is 2. The quantitative estimate of drug-likeness (QED) is 0.258. The first kappa shape index (κ1) is 27.9. The Morgan fingerprint density at radius 1 is 1.07 bits per heavy atom. The molecular weight excluding hydrogens is 538 g/mol. The van der Waals surface area contributed by atoms with Crippen molar-refractivity contribution in [3.8, 4) is 12.1 Å². The lowest BCUT2D eigenvalue weighted by Gasteiger charge is -2.23. The summed E-state index contributed by atoms with van der Waals surface area (Å²) in [6, 6.07) is 15.3. The maximum Gasteiger partial charge on any atom is 0.258 e. The van der Waals surface area contributed by atoms with Crippen molar-refractivity contribution >= 4 is 33.1 Å². The molecule has 0 bridgehead atoms. The number of nitriles is 2. The normalized spacial score (nSPS) is 14.7. The molecular formula is C33H33N9O. The third-order valence-corrected chi connectivity index (χ3v) is 8.12. The minimum atomic E-state index is -0.492. The summed E-state index contributed by atoms with van der Waals surface area (Å²) < 4.78 is 3.48. The van der Waals surface area contributed by atoms with Crippen LogP contribution in [0, 0.1) is 28.1 Å². The largest absolute Gasteiger partial charge is 0.383 e. The Balaban J connectivity index is 1.53. The molecule has 1 fully saturated rings. The van der Waals surface area contributed by atoms with Gasteiger partial charge in [0.25, 0.3) is 5.56 Å². The van der Waals surface area contributed by atoms with E-state index < -0.39 is 6.04 Å². The second-order valence-corrected chi connectivity index (χ2v) is 12.8. The van der Waals surface area contributed by atoms with Crippen molar-refractivity contribution in [3.05, 3.63) is 87.7 Å². The zero-order valence-corrected chi connectivity index (χ0v) is 24.9. The van der Waals surface area contributed by atoms with Gasteiger partial charge >= 0.3 is 0 Å². The van der Waals surface area contributed by atoms with Gasteiger partial charge in [0.05, 0.1) is 40.1 Å². The van der Waals surface area contributed by atoms with Gasteiger partial charge in [0, 0.05) is 42.4 Å². The van der Waals surface area contributed by atoms with Crippen molar-refractivity contribution in [1.29, 1.82) is 10.5 Å². The molecule has 1 unspecified atom stereocenters.